The molecule has 1 aromatic rings. The van der Waals surface area contributed by atoms with Gasteiger partial charge in [-0.25, -0.2) is 0 Å². The number of hydrogen-bond acceptors (Lipinski definition) is 3. The lowest BCUT2D eigenvalue weighted by atomic mass is 10.1. The fourth-order valence-corrected chi connectivity index (χ4v) is 1.10. The predicted molar refractivity (Wildman–Crippen MR) is 53.9 cm³/mol. The highest BCUT2D eigenvalue weighted by Crippen LogP contribution is 2.04. The van der Waals surface area contributed by atoms with E-state index in [1.54, 1.807) is 6.20 Å². The van der Waals surface area contributed by atoms with Gasteiger partial charge in [0, 0.05) is 24.4 Å². The molecule has 1 atom stereocenters. The van der Waals surface area contributed by atoms with Crippen molar-refractivity contribution in [1.82, 2.24) is 10.4 Å². The molecular weight excluding hydrogens is 162 g/mol. The third-order valence-corrected chi connectivity index (χ3v) is 1.94. The van der Waals surface area contributed by atoms with Gasteiger partial charge in [-0.3, -0.25) is 16.3 Å². The molecule has 0 amide bonds. The maximum absolute atomic E-state index is 5.38. The van der Waals surface area contributed by atoms with Crippen molar-refractivity contribution in [3.63, 3.8) is 0 Å². The van der Waals surface area contributed by atoms with Gasteiger partial charge < -0.3 is 0 Å². The Morgan fingerprint density at radius 3 is 2.92 bits per heavy atom. The highest BCUT2D eigenvalue weighted by Gasteiger charge is 2.07. The van der Waals surface area contributed by atoms with Crippen molar-refractivity contribution in [3.05, 3.63) is 42.2 Å². The molecule has 0 saturated carbocycles. The minimum atomic E-state index is 0.106. The summed E-state index contributed by atoms with van der Waals surface area (Å²) in [6, 6.07) is 5.95. The summed E-state index contributed by atoms with van der Waals surface area (Å²) in [5, 5.41) is 0. The summed E-state index contributed by atoms with van der Waals surface area (Å²) in [6.45, 7) is 5.80. The second kappa shape index (κ2) is 4.74. The summed E-state index contributed by atoms with van der Waals surface area (Å²) in [6.07, 6.45) is 2.56. The molecule has 0 aromatic carbocycles. The number of nitrogens with two attached hydrogens (primary N) is 1. The number of nitrogens with one attached hydrogen (secondary N) is 1. The standard InChI is InChI=1S/C10H15N3/c1-8(2)10(13-11)7-9-5-3-4-6-12-9/h3-6,10,13H,1,7,11H2,2H3. The molecule has 3 nitrogen and oxygen atoms in total. The van der Waals surface area contributed by atoms with Gasteiger partial charge in [-0.15, -0.1) is 0 Å². The number of hydrazine groups is 1. The van der Waals surface area contributed by atoms with E-state index in [4.69, 9.17) is 5.84 Å². The molecule has 1 heterocycles. The normalized spacial score (nSPS) is 12.5. The Bertz CT molecular complexity index is 269. The molecule has 3 N–H and O–H groups in total. The van der Waals surface area contributed by atoms with Gasteiger partial charge in [-0.05, 0) is 19.1 Å². The van der Waals surface area contributed by atoms with Crippen LogP contribution in [0.3, 0.4) is 0 Å². The Balaban J connectivity index is 2.62. The number of aromatic nitrogens is 1. The number of hydrogen-bond donors (Lipinski definition) is 2. The lowest BCUT2D eigenvalue weighted by Gasteiger charge is -2.14. The average molecular weight is 177 g/mol. The fourth-order valence-electron chi connectivity index (χ4n) is 1.10. The molecule has 70 valence electrons. The van der Waals surface area contributed by atoms with Crippen LogP contribution in [0.25, 0.3) is 0 Å². The minimum absolute atomic E-state index is 0.106. The van der Waals surface area contributed by atoms with Crippen molar-refractivity contribution in [2.45, 2.75) is 19.4 Å². The van der Waals surface area contributed by atoms with Gasteiger partial charge in [-0.1, -0.05) is 18.2 Å². The molecule has 1 aromatic heterocycles. The van der Waals surface area contributed by atoms with Crippen LogP contribution in [0, 0.1) is 0 Å². The number of pyridine rings is 1. The zero-order valence-electron chi connectivity index (χ0n) is 7.83. The maximum Gasteiger partial charge on any atom is 0.0469 e. The molecule has 0 aliphatic heterocycles. The number of nitrogens with zero attached hydrogens (tertiary/aromatic N) is 1. The summed E-state index contributed by atoms with van der Waals surface area (Å²) in [4.78, 5) is 4.21. The van der Waals surface area contributed by atoms with E-state index in [2.05, 4.69) is 17.0 Å². The van der Waals surface area contributed by atoms with Crippen molar-refractivity contribution in [2.75, 3.05) is 0 Å². The topological polar surface area (TPSA) is 50.9 Å². The molecule has 0 spiro atoms. The van der Waals surface area contributed by atoms with Crippen LogP contribution < -0.4 is 11.3 Å². The first kappa shape index (κ1) is 9.89. The monoisotopic (exact) mass is 177 g/mol. The molecule has 1 rings (SSSR count). The van der Waals surface area contributed by atoms with Crippen LogP contribution in [-0.2, 0) is 6.42 Å². The highest BCUT2D eigenvalue weighted by atomic mass is 15.2. The first-order valence-electron chi connectivity index (χ1n) is 4.25. The summed E-state index contributed by atoms with van der Waals surface area (Å²) >= 11 is 0. The van der Waals surface area contributed by atoms with E-state index in [9.17, 15) is 0 Å². The van der Waals surface area contributed by atoms with Crippen LogP contribution in [-0.4, -0.2) is 11.0 Å². The quantitative estimate of drug-likeness (QED) is 0.410. The minimum Gasteiger partial charge on any atom is -0.271 e. The lowest BCUT2D eigenvalue weighted by molar-refractivity contribution is 0.585. The molecule has 0 saturated heterocycles. The number of rotatable bonds is 4. The zero-order chi connectivity index (χ0) is 9.68. The van der Waals surface area contributed by atoms with E-state index in [0.717, 1.165) is 17.7 Å². The Morgan fingerprint density at radius 2 is 2.46 bits per heavy atom. The SMILES string of the molecule is C=C(C)C(Cc1ccccn1)NN. The third-order valence-electron chi connectivity index (χ3n) is 1.94. The van der Waals surface area contributed by atoms with Crippen molar-refractivity contribution in [3.8, 4) is 0 Å². The molecule has 13 heavy (non-hydrogen) atoms. The van der Waals surface area contributed by atoms with Crippen LogP contribution in [0.4, 0.5) is 0 Å². The second-order valence-corrected chi connectivity index (χ2v) is 3.09. The van der Waals surface area contributed by atoms with Crippen molar-refractivity contribution in [2.24, 2.45) is 5.84 Å². The zero-order valence-corrected chi connectivity index (χ0v) is 7.83. The van der Waals surface area contributed by atoms with Crippen molar-refractivity contribution < 1.29 is 0 Å². The first-order valence-corrected chi connectivity index (χ1v) is 4.25. The molecule has 0 fully saturated rings. The molecule has 0 bridgehead atoms. The van der Waals surface area contributed by atoms with E-state index in [0.29, 0.717) is 0 Å². The first-order chi connectivity index (χ1) is 6.24. The largest absolute Gasteiger partial charge is 0.271 e. The summed E-state index contributed by atoms with van der Waals surface area (Å²) in [5.41, 5.74) is 4.75. The summed E-state index contributed by atoms with van der Waals surface area (Å²) < 4.78 is 0. The van der Waals surface area contributed by atoms with Crippen LogP contribution >= 0.6 is 0 Å². The van der Waals surface area contributed by atoms with Gasteiger partial charge in [0.2, 0.25) is 0 Å². The Kier molecular flexibility index (Phi) is 3.61. The Hall–Kier alpha value is -1.19. The van der Waals surface area contributed by atoms with Crippen LogP contribution in [0.5, 0.6) is 0 Å². The molecule has 0 aliphatic carbocycles. The van der Waals surface area contributed by atoms with E-state index in [-0.39, 0.29) is 6.04 Å². The van der Waals surface area contributed by atoms with E-state index in [1.807, 2.05) is 25.1 Å². The van der Waals surface area contributed by atoms with Gasteiger partial charge >= 0.3 is 0 Å². The molecule has 0 aliphatic rings. The maximum atomic E-state index is 5.38. The van der Waals surface area contributed by atoms with Gasteiger partial charge in [0.15, 0.2) is 0 Å². The van der Waals surface area contributed by atoms with Crippen LogP contribution in [0.2, 0.25) is 0 Å². The van der Waals surface area contributed by atoms with Crippen molar-refractivity contribution in [1.29, 1.82) is 0 Å². The second-order valence-electron chi connectivity index (χ2n) is 3.09. The summed E-state index contributed by atoms with van der Waals surface area (Å²) in [7, 11) is 0. The average Bonchev–Trinajstić information content (AvgIpc) is 2.15. The van der Waals surface area contributed by atoms with Crippen LogP contribution in [0.15, 0.2) is 36.5 Å². The predicted octanol–water partition coefficient (Wildman–Crippen LogP) is 1.03. The van der Waals surface area contributed by atoms with E-state index >= 15 is 0 Å². The van der Waals surface area contributed by atoms with Crippen LogP contribution in [0.1, 0.15) is 12.6 Å². The Morgan fingerprint density at radius 1 is 1.69 bits per heavy atom. The molecule has 0 radical (unpaired) electrons. The molecule has 1 unspecified atom stereocenters. The highest BCUT2D eigenvalue weighted by molar-refractivity contribution is 5.11. The Labute approximate surface area is 78.6 Å². The summed E-state index contributed by atoms with van der Waals surface area (Å²) in [5.74, 6) is 5.38. The van der Waals surface area contributed by atoms with E-state index in [1.165, 1.54) is 0 Å². The van der Waals surface area contributed by atoms with Gasteiger partial charge in [-0.2, -0.15) is 0 Å². The van der Waals surface area contributed by atoms with Gasteiger partial charge in [0.1, 0.15) is 0 Å². The molecular formula is C10H15N3. The fraction of sp³-hybridized carbons (Fsp3) is 0.300. The van der Waals surface area contributed by atoms with Gasteiger partial charge in [0.05, 0.1) is 0 Å². The lowest BCUT2D eigenvalue weighted by Crippen LogP contribution is -2.37. The van der Waals surface area contributed by atoms with E-state index < -0.39 is 0 Å². The van der Waals surface area contributed by atoms with Gasteiger partial charge in [0.25, 0.3) is 0 Å². The smallest absolute Gasteiger partial charge is 0.0469 e. The molecule has 3 heteroatoms. The third kappa shape index (κ3) is 2.97. The van der Waals surface area contributed by atoms with Crippen molar-refractivity contribution >= 4 is 0 Å².